The molecule has 0 spiro atoms. The van der Waals surface area contributed by atoms with Gasteiger partial charge in [0.05, 0.1) is 11.4 Å². The zero-order valence-electron chi connectivity index (χ0n) is 18.6. The highest BCUT2D eigenvalue weighted by Crippen LogP contribution is 2.24. The summed E-state index contributed by atoms with van der Waals surface area (Å²) in [5.74, 6) is 0.264. The van der Waals surface area contributed by atoms with Gasteiger partial charge >= 0.3 is 0 Å². The van der Waals surface area contributed by atoms with Crippen LogP contribution in [0.1, 0.15) is 36.5 Å². The summed E-state index contributed by atoms with van der Waals surface area (Å²) in [7, 11) is 0. The molecule has 0 aliphatic heterocycles. The van der Waals surface area contributed by atoms with Crippen molar-refractivity contribution in [1.82, 2.24) is 24.5 Å². The second-order valence-electron chi connectivity index (χ2n) is 8.25. The Morgan fingerprint density at radius 3 is 2.62 bits per heavy atom. The van der Waals surface area contributed by atoms with Crippen molar-refractivity contribution in [2.24, 2.45) is 5.92 Å². The van der Waals surface area contributed by atoms with E-state index in [2.05, 4.69) is 34.5 Å². The zero-order valence-corrected chi connectivity index (χ0v) is 19.4. The number of aryl methyl sites for hydroxylation is 3. The number of rotatable bonds is 7. The number of nitrogens with zero attached hydrogens (tertiary/aromatic N) is 5. The summed E-state index contributed by atoms with van der Waals surface area (Å²) in [5, 5.41) is 18.0. The van der Waals surface area contributed by atoms with Crippen LogP contribution in [-0.2, 0) is 17.8 Å². The van der Waals surface area contributed by atoms with E-state index in [0.717, 1.165) is 33.8 Å². The fourth-order valence-corrected chi connectivity index (χ4v) is 4.73. The number of hydrogen-bond donors (Lipinski definition) is 1. The minimum Gasteiger partial charge on any atom is -0.300 e. The topological polar surface area (TPSA) is 94.7 Å². The van der Waals surface area contributed by atoms with Gasteiger partial charge in [-0.05, 0) is 37.5 Å². The fraction of sp³-hybridized carbons (Fsp3) is 0.348. The van der Waals surface area contributed by atoms with Crippen molar-refractivity contribution >= 4 is 33.4 Å². The van der Waals surface area contributed by atoms with Crippen LogP contribution in [0.15, 0.2) is 41.2 Å². The molecule has 0 atom stereocenters. The molecular weight excluding hydrogens is 424 g/mol. The molecule has 1 amide bonds. The van der Waals surface area contributed by atoms with E-state index in [-0.39, 0.29) is 24.4 Å². The first kappa shape index (κ1) is 21.9. The highest BCUT2D eigenvalue weighted by molar-refractivity contribution is 7.15. The first-order valence-corrected chi connectivity index (χ1v) is 11.4. The molecule has 32 heavy (non-hydrogen) atoms. The van der Waals surface area contributed by atoms with E-state index in [0.29, 0.717) is 16.7 Å². The number of benzene rings is 1. The Morgan fingerprint density at radius 1 is 1.16 bits per heavy atom. The number of carbonyl (C=O) groups excluding carboxylic acids is 1. The third kappa shape index (κ3) is 4.47. The predicted octanol–water partition coefficient (Wildman–Crippen LogP) is 3.88. The van der Waals surface area contributed by atoms with Crippen LogP contribution in [0.3, 0.4) is 0 Å². The van der Waals surface area contributed by atoms with Gasteiger partial charge < -0.3 is 5.32 Å². The molecule has 0 saturated heterocycles. The Labute approximate surface area is 189 Å². The third-order valence-corrected chi connectivity index (χ3v) is 6.01. The lowest BCUT2D eigenvalue weighted by Crippen LogP contribution is -2.25. The minimum absolute atomic E-state index is 0.135. The van der Waals surface area contributed by atoms with Crippen LogP contribution >= 0.6 is 11.3 Å². The Balaban J connectivity index is 1.61. The number of aromatic nitrogens is 5. The second-order valence-corrected chi connectivity index (χ2v) is 9.31. The van der Waals surface area contributed by atoms with Gasteiger partial charge in [0.1, 0.15) is 10.7 Å². The maximum absolute atomic E-state index is 12.9. The van der Waals surface area contributed by atoms with Gasteiger partial charge in [0.2, 0.25) is 11.0 Å². The third-order valence-electron chi connectivity index (χ3n) is 5.15. The molecule has 3 heterocycles. The molecule has 0 radical (unpaired) electrons. The van der Waals surface area contributed by atoms with Crippen molar-refractivity contribution in [2.75, 3.05) is 5.32 Å². The van der Waals surface area contributed by atoms with Crippen molar-refractivity contribution in [1.29, 1.82) is 0 Å². The smallest absolute Gasteiger partial charge is 0.252 e. The van der Waals surface area contributed by atoms with E-state index in [4.69, 9.17) is 0 Å². The predicted molar refractivity (Wildman–Crippen MR) is 127 cm³/mol. The molecule has 0 unspecified atom stereocenters. The molecule has 0 saturated carbocycles. The van der Waals surface area contributed by atoms with Gasteiger partial charge in [-0.1, -0.05) is 43.4 Å². The van der Waals surface area contributed by atoms with Gasteiger partial charge in [-0.15, -0.1) is 10.2 Å². The largest absolute Gasteiger partial charge is 0.300 e. The fourth-order valence-electron chi connectivity index (χ4n) is 3.76. The number of para-hydroxylation sites is 1. The molecule has 1 aromatic carbocycles. The summed E-state index contributed by atoms with van der Waals surface area (Å²) in [4.78, 5) is 25.5. The van der Waals surface area contributed by atoms with Crippen LogP contribution in [0.25, 0.3) is 16.7 Å². The van der Waals surface area contributed by atoms with Gasteiger partial charge in [-0.3, -0.25) is 14.2 Å². The molecule has 166 valence electrons. The first-order valence-electron chi connectivity index (χ1n) is 10.6. The van der Waals surface area contributed by atoms with Gasteiger partial charge in [0, 0.05) is 30.8 Å². The molecule has 4 rings (SSSR count). The number of anilines is 1. The molecule has 0 aliphatic carbocycles. The molecular formula is C23H26N6O2S. The number of hydrogen-bond acceptors (Lipinski definition) is 6. The van der Waals surface area contributed by atoms with Crippen LogP contribution in [0, 0.1) is 19.8 Å². The summed E-state index contributed by atoms with van der Waals surface area (Å²) in [6.07, 6.45) is 0.962. The summed E-state index contributed by atoms with van der Waals surface area (Å²) < 4.78 is 3.40. The number of pyridine rings is 1. The van der Waals surface area contributed by atoms with Crippen LogP contribution in [0.2, 0.25) is 0 Å². The summed E-state index contributed by atoms with van der Waals surface area (Å²) >= 11 is 1.39. The highest BCUT2D eigenvalue weighted by atomic mass is 32.1. The van der Waals surface area contributed by atoms with Gasteiger partial charge in [0.15, 0.2) is 0 Å². The molecule has 4 aromatic rings. The minimum atomic E-state index is -0.208. The van der Waals surface area contributed by atoms with E-state index in [1.807, 2.05) is 44.2 Å². The molecule has 8 nitrogen and oxygen atoms in total. The van der Waals surface area contributed by atoms with Gasteiger partial charge in [0.25, 0.3) is 5.56 Å². The summed E-state index contributed by atoms with van der Waals surface area (Å²) in [6, 6.07) is 11.3. The first-order chi connectivity index (χ1) is 15.3. The Morgan fingerprint density at radius 2 is 1.91 bits per heavy atom. The molecule has 0 aliphatic rings. The number of carbonyl (C=O) groups is 1. The summed E-state index contributed by atoms with van der Waals surface area (Å²) in [5.41, 5.74) is 3.11. The van der Waals surface area contributed by atoms with Crippen LogP contribution in [-0.4, -0.2) is 30.5 Å². The normalized spacial score (nSPS) is 11.4. The molecule has 9 heteroatoms. The lowest BCUT2D eigenvalue weighted by atomic mass is 10.1. The van der Waals surface area contributed by atoms with E-state index in [1.165, 1.54) is 11.3 Å². The number of nitrogens with one attached hydrogen (secondary N) is 1. The number of amides is 1. The average molecular weight is 451 g/mol. The van der Waals surface area contributed by atoms with Crippen molar-refractivity contribution < 1.29 is 4.79 Å². The van der Waals surface area contributed by atoms with E-state index in [1.54, 1.807) is 15.3 Å². The maximum atomic E-state index is 12.9. The monoisotopic (exact) mass is 450 g/mol. The van der Waals surface area contributed by atoms with Gasteiger partial charge in [-0.25, -0.2) is 4.68 Å². The zero-order chi connectivity index (χ0) is 22.8. The van der Waals surface area contributed by atoms with Crippen molar-refractivity contribution in [3.8, 4) is 5.69 Å². The van der Waals surface area contributed by atoms with E-state index >= 15 is 0 Å². The Kier molecular flexibility index (Phi) is 6.18. The molecule has 1 N–H and O–H groups in total. The van der Waals surface area contributed by atoms with Crippen molar-refractivity contribution in [3.63, 3.8) is 0 Å². The molecule has 3 aromatic heterocycles. The standard InChI is InChI=1S/C23H26N6O2S/c1-14(2)12-19-25-26-23(32-19)24-18(30)10-11-28-20(31)13-15(3)21-16(4)27-29(22(21)28)17-8-6-5-7-9-17/h5-9,13-14H,10-12H2,1-4H3,(H,24,26,30). The van der Waals surface area contributed by atoms with E-state index < -0.39 is 0 Å². The SMILES string of the molecule is Cc1cc(=O)n(CCC(=O)Nc2nnc(CC(C)C)s2)c2c1c(C)nn2-c1ccccc1. The molecule has 0 bridgehead atoms. The van der Waals surface area contributed by atoms with Crippen molar-refractivity contribution in [2.45, 2.75) is 47.1 Å². The Bertz CT molecular complexity index is 1320. The number of fused-ring (bicyclic) bond motifs is 1. The molecule has 0 fully saturated rings. The lowest BCUT2D eigenvalue weighted by molar-refractivity contribution is -0.116. The van der Waals surface area contributed by atoms with Crippen LogP contribution in [0.4, 0.5) is 5.13 Å². The average Bonchev–Trinajstić information content (AvgIpc) is 3.32. The second kappa shape index (κ2) is 9.04. The van der Waals surface area contributed by atoms with Gasteiger partial charge in [-0.2, -0.15) is 5.10 Å². The highest BCUT2D eigenvalue weighted by Gasteiger charge is 2.18. The van der Waals surface area contributed by atoms with Crippen molar-refractivity contribution in [3.05, 3.63) is 63.0 Å². The van der Waals surface area contributed by atoms with E-state index in [9.17, 15) is 9.59 Å². The quantitative estimate of drug-likeness (QED) is 0.461. The summed E-state index contributed by atoms with van der Waals surface area (Å²) in [6.45, 7) is 8.30. The van der Waals surface area contributed by atoms with Crippen LogP contribution < -0.4 is 10.9 Å². The maximum Gasteiger partial charge on any atom is 0.252 e. The lowest BCUT2D eigenvalue weighted by Gasteiger charge is -2.12. The van der Waals surface area contributed by atoms with Crippen LogP contribution in [0.5, 0.6) is 0 Å². The Hall–Kier alpha value is -3.33.